The third-order valence-electron chi connectivity index (χ3n) is 2.16. The maximum atomic E-state index is 11.3. The summed E-state index contributed by atoms with van der Waals surface area (Å²) in [4.78, 5) is 11.3. The van der Waals surface area contributed by atoms with Crippen LogP contribution >= 0.6 is 0 Å². The molecule has 1 aromatic carbocycles. The van der Waals surface area contributed by atoms with Crippen molar-refractivity contribution in [3.05, 3.63) is 17.7 Å². The summed E-state index contributed by atoms with van der Waals surface area (Å²) in [6, 6.07) is 3.14. The van der Waals surface area contributed by atoms with Gasteiger partial charge >= 0.3 is 5.97 Å². The Kier molecular flexibility index (Phi) is 5.30. The molecule has 0 saturated carbocycles. The van der Waals surface area contributed by atoms with Crippen molar-refractivity contribution in [3.63, 3.8) is 0 Å². The van der Waals surface area contributed by atoms with Crippen molar-refractivity contribution in [2.24, 2.45) is 0 Å². The Balaban J connectivity index is 3.29. The zero-order chi connectivity index (χ0) is 13.5. The highest BCUT2D eigenvalue weighted by Crippen LogP contribution is 2.34. The number of aromatic carboxylic acids is 1. The summed E-state index contributed by atoms with van der Waals surface area (Å²) in [5.74, 6) is -0.0156. The van der Waals surface area contributed by atoms with Crippen LogP contribution in [0.2, 0.25) is 0 Å². The Morgan fingerprint density at radius 1 is 1.00 bits per heavy atom. The van der Waals surface area contributed by atoms with Gasteiger partial charge in [-0.3, -0.25) is 0 Å². The Bertz CT molecular complexity index is 387. The third kappa shape index (κ3) is 3.29. The van der Waals surface area contributed by atoms with E-state index in [9.17, 15) is 9.90 Å². The van der Waals surface area contributed by atoms with Gasteiger partial charge in [-0.1, -0.05) is 0 Å². The van der Waals surface area contributed by atoms with Gasteiger partial charge in [0.25, 0.3) is 0 Å². The fourth-order valence-electron chi connectivity index (χ4n) is 1.57. The van der Waals surface area contributed by atoms with E-state index in [1.807, 2.05) is 6.92 Å². The van der Waals surface area contributed by atoms with E-state index in [-0.39, 0.29) is 17.1 Å². The smallest absolute Gasteiger partial charge is 0.343 e. The zero-order valence-electron chi connectivity index (χ0n) is 10.9. The fraction of sp³-hybridized carbons (Fsp3) is 0.462. The van der Waals surface area contributed by atoms with Gasteiger partial charge in [0.1, 0.15) is 22.8 Å². The number of ether oxygens (including phenoxy) is 3. The summed E-state index contributed by atoms with van der Waals surface area (Å²) in [5.41, 5.74) is 0.0298. The van der Waals surface area contributed by atoms with Crippen LogP contribution < -0.4 is 14.2 Å². The van der Waals surface area contributed by atoms with Crippen LogP contribution in [0.5, 0.6) is 17.2 Å². The summed E-state index contributed by atoms with van der Waals surface area (Å²) in [6.45, 7) is 6.68. The normalized spacial score (nSPS) is 9.94. The first-order valence-corrected chi connectivity index (χ1v) is 5.93. The summed E-state index contributed by atoms with van der Waals surface area (Å²) >= 11 is 0. The third-order valence-corrected chi connectivity index (χ3v) is 2.16. The van der Waals surface area contributed by atoms with Crippen LogP contribution in [0.15, 0.2) is 12.1 Å². The maximum absolute atomic E-state index is 11.3. The van der Waals surface area contributed by atoms with Crippen molar-refractivity contribution in [3.8, 4) is 17.2 Å². The molecule has 0 heterocycles. The molecule has 0 atom stereocenters. The average Bonchev–Trinajstić information content (AvgIpc) is 2.29. The maximum Gasteiger partial charge on any atom is 0.343 e. The molecule has 0 fully saturated rings. The topological polar surface area (TPSA) is 65.0 Å². The minimum absolute atomic E-state index is 0.0298. The predicted molar refractivity (Wildman–Crippen MR) is 66.9 cm³/mol. The summed E-state index contributed by atoms with van der Waals surface area (Å²) in [5, 5.41) is 9.22. The second kappa shape index (κ2) is 6.74. The highest BCUT2D eigenvalue weighted by atomic mass is 16.5. The summed E-state index contributed by atoms with van der Waals surface area (Å²) in [6.07, 6.45) is 0. The molecule has 0 aliphatic heterocycles. The number of carbonyl (C=O) groups is 1. The van der Waals surface area contributed by atoms with Crippen molar-refractivity contribution in [1.82, 2.24) is 0 Å². The van der Waals surface area contributed by atoms with E-state index < -0.39 is 5.97 Å². The number of benzene rings is 1. The van der Waals surface area contributed by atoms with Crippen molar-refractivity contribution >= 4 is 5.97 Å². The minimum atomic E-state index is -1.08. The van der Waals surface area contributed by atoms with E-state index in [0.717, 1.165) is 0 Å². The average molecular weight is 254 g/mol. The van der Waals surface area contributed by atoms with E-state index >= 15 is 0 Å². The SMILES string of the molecule is CCOc1cc(OCC)c(C(=O)O)c(OCC)c1. The largest absolute Gasteiger partial charge is 0.494 e. The number of carboxylic acid groups (broad SMARTS) is 1. The zero-order valence-corrected chi connectivity index (χ0v) is 10.9. The first-order valence-electron chi connectivity index (χ1n) is 5.93. The standard InChI is InChI=1S/C13H18O5/c1-4-16-9-7-10(17-5-2)12(13(14)15)11(8-9)18-6-3/h7-8H,4-6H2,1-3H3,(H,14,15). The summed E-state index contributed by atoms with van der Waals surface area (Å²) < 4.78 is 16.0. The first-order chi connectivity index (χ1) is 8.63. The lowest BCUT2D eigenvalue weighted by molar-refractivity contribution is 0.0688. The van der Waals surface area contributed by atoms with Crippen molar-refractivity contribution in [2.45, 2.75) is 20.8 Å². The van der Waals surface area contributed by atoms with Crippen LogP contribution in [0, 0.1) is 0 Å². The molecule has 0 spiro atoms. The van der Waals surface area contributed by atoms with E-state index in [0.29, 0.717) is 25.6 Å². The quantitative estimate of drug-likeness (QED) is 0.810. The van der Waals surface area contributed by atoms with E-state index in [1.165, 1.54) is 0 Å². The van der Waals surface area contributed by atoms with Crippen LogP contribution in [0.25, 0.3) is 0 Å². The molecule has 0 aromatic heterocycles. The lowest BCUT2D eigenvalue weighted by atomic mass is 10.1. The number of hydrogen-bond donors (Lipinski definition) is 1. The van der Waals surface area contributed by atoms with Gasteiger partial charge in [0.05, 0.1) is 19.8 Å². The molecule has 1 aromatic rings. The molecule has 5 heteroatoms. The Labute approximate surface area is 106 Å². The molecule has 1 rings (SSSR count). The van der Waals surface area contributed by atoms with Crippen LogP contribution in [0.4, 0.5) is 0 Å². The van der Waals surface area contributed by atoms with Gasteiger partial charge in [0.15, 0.2) is 0 Å². The monoisotopic (exact) mass is 254 g/mol. The molecule has 100 valence electrons. The highest BCUT2D eigenvalue weighted by Gasteiger charge is 2.20. The van der Waals surface area contributed by atoms with E-state index in [4.69, 9.17) is 14.2 Å². The van der Waals surface area contributed by atoms with Crippen LogP contribution in [0.3, 0.4) is 0 Å². The first kappa shape index (κ1) is 14.2. The molecule has 0 bridgehead atoms. The molecule has 1 N–H and O–H groups in total. The van der Waals surface area contributed by atoms with E-state index in [2.05, 4.69) is 0 Å². The van der Waals surface area contributed by atoms with Gasteiger partial charge in [0, 0.05) is 12.1 Å². The molecular weight excluding hydrogens is 236 g/mol. The molecule has 0 radical (unpaired) electrons. The fourth-order valence-corrected chi connectivity index (χ4v) is 1.57. The lowest BCUT2D eigenvalue weighted by Crippen LogP contribution is -2.07. The molecule has 0 amide bonds. The molecule has 18 heavy (non-hydrogen) atoms. The van der Waals surface area contributed by atoms with Gasteiger partial charge in [0.2, 0.25) is 0 Å². The van der Waals surface area contributed by atoms with Gasteiger partial charge < -0.3 is 19.3 Å². The van der Waals surface area contributed by atoms with Crippen molar-refractivity contribution in [1.29, 1.82) is 0 Å². The summed E-state index contributed by atoms with van der Waals surface area (Å²) in [7, 11) is 0. The number of hydrogen-bond acceptors (Lipinski definition) is 4. The number of rotatable bonds is 7. The van der Waals surface area contributed by atoms with Gasteiger partial charge in [-0.05, 0) is 20.8 Å². The molecule has 0 unspecified atom stereocenters. The second-order valence-corrected chi connectivity index (χ2v) is 3.40. The van der Waals surface area contributed by atoms with Crippen molar-refractivity contribution < 1.29 is 24.1 Å². The molecule has 0 aliphatic carbocycles. The molecule has 0 saturated heterocycles. The minimum Gasteiger partial charge on any atom is -0.494 e. The Hall–Kier alpha value is -1.91. The number of carboxylic acids is 1. The lowest BCUT2D eigenvalue weighted by Gasteiger charge is -2.14. The second-order valence-electron chi connectivity index (χ2n) is 3.40. The molecule has 5 nitrogen and oxygen atoms in total. The molecular formula is C13H18O5. The van der Waals surface area contributed by atoms with Gasteiger partial charge in [-0.25, -0.2) is 4.79 Å². The highest BCUT2D eigenvalue weighted by molar-refractivity contribution is 5.94. The molecule has 0 aliphatic rings. The Morgan fingerprint density at radius 3 is 1.78 bits per heavy atom. The van der Waals surface area contributed by atoms with Crippen molar-refractivity contribution in [2.75, 3.05) is 19.8 Å². The van der Waals surface area contributed by atoms with Gasteiger partial charge in [-0.15, -0.1) is 0 Å². The van der Waals surface area contributed by atoms with Gasteiger partial charge in [-0.2, -0.15) is 0 Å². The predicted octanol–water partition coefficient (Wildman–Crippen LogP) is 2.58. The van der Waals surface area contributed by atoms with Crippen LogP contribution in [0.1, 0.15) is 31.1 Å². The Morgan fingerprint density at radius 2 is 1.44 bits per heavy atom. The van der Waals surface area contributed by atoms with Crippen LogP contribution in [-0.4, -0.2) is 30.9 Å². The van der Waals surface area contributed by atoms with Crippen LogP contribution in [-0.2, 0) is 0 Å². The van der Waals surface area contributed by atoms with E-state index in [1.54, 1.807) is 26.0 Å².